The normalized spacial score (nSPS) is 15.4. The van der Waals surface area contributed by atoms with Crippen LogP contribution in [0, 0.1) is 0 Å². The van der Waals surface area contributed by atoms with Crippen molar-refractivity contribution in [1.29, 1.82) is 0 Å². The summed E-state index contributed by atoms with van der Waals surface area (Å²) in [5.74, 6) is 0.154. The molecule has 32 heavy (non-hydrogen) atoms. The van der Waals surface area contributed by atoms with Crippen molar-refractivity contribution in [2.24, 2.45) is 0 Å². The van der Waals surface area contributed by atoms with Crippen LogP contribution in [0.15, 0.2) is 41.4 Å². The molecule has 2 aromatic rings. The number of piperidine rings is 1. The second-order valence-electron chi connectivity index (χ2n) is 8.56. The highest BCUT2D eigenvalue weighted by atomic mass is 35.5. The van der Waals surface area contributed by atoms with Crippen LogP contribution in [0.4, 0.5) is 16.4 Å². The van der Waals surface area contributed by atoms with Crippen molar-refractivity contribution < 1.29 is 17.9 Å². The van der Waals surface area contributed by atoms with Crippen molar-refractivity contribution >= 4 is 39.2 Å². The SMILES string of the molecule is CC(C)(C)OC(=O)N1CCC(NCS(=O)(=O)c2ccc(Nc3nccc(Cl)n3)cc2)CC1. The molecule has 1 fully saturated rings. The van der Waals surface area contributed by atoms with E-state index in [1.54, 1.807) is 23.1 Å². The molecule has 2 N–H and O–H groups in total. The Morgan fingerprint density at radius 1 is 1.19 bits per heavy atom. The molecular weight excluding hydrogens is 454 g/mol. The number of nitrogens with zero attached hydrogens (tertiary/aromatic N) is 3. The number of benzene rings is 1. The molecule has 0 atom stereocenters. The molecule has 0 radical (unpaired) electrons. The van der Waals surface area contributed by atoms with Crippen molar-refractivity contribution in [3.05, 3.63) is 41.7 Å². The van der Waals surface area contributed by atoms with Gasteiger partial charge in [0.1, 0.15) is 16.6 Å². The van der Waals surface area contributed by atoms with Crippen LogP contribution in [0.2, 0.25) is 5.15 Å². The molecule has 1 amide bonds. The van der Waals surface area contributed by atoms with Gasteiger partial charge in [-0.3, -0.25) is 0 Å². The summed E-state index contributed by atoms with van der Waals surface area (Å²) in [7, 11) is -3.51. The Kier molecular flexibility index (Phi) is 7.58. The molecule has 1 aromatic carbocycles. The molecule has 3 rings (SSSR count). The monoisotopic (exact) mass is 481 g/mol. The third-order valence-corrected chi connectivity index (χ3v) is 6.55. The minimum atomic E-state index is -3.51. The first-order valence-corrected chi connectivity index (χ1v) is 12.3. The number of carbonyl (C=O) groups excluding carboxylic acids is 1. The predicted molar refractivity (Wildman–Crippen MR) is 123 cm³/mol. The Bertz CT molecular complexity index is 1030. The summed E-state index contributed by atoms with van der Waals surface area (Å²) in [6, 6.07) is 7.96. The number of rotatable bonds is 6. The molecule has 1 aliphatic heterocycles. The second kappa shape index (κ2) is 10.0. The third-order valence-electron chi connectivity index (χ3n) is 4.80. The van der Waals surface area contributed by atoms with E-state index < -0.39 is 15.4 Å². The number of anilines is 2. The van der Waals surface area contributed by atoms with Crippen molar-refractivity contribution in [3.8, 4) is 0 Å². The maximum absolute atomic E-state index is 12.7. The van der Waals surface area contributed by atoms with Crippen LogP contribution in [0.1, 0.15) is 33.6 Å². The van der Waals surface area contributed by atoms with Crippen molar-refractivity contribution in [3.63, 3.8) is 0 Å². The molecule has 1 aliphatic rings. The molecule has 2 heterocycles. The van der Waals surface area contributed by atoms with E-state index in [0.717, 1.165) is 0 Å². The van der Waals surface area contributed by atoms with E-state index in [-0.39, 0.29) is 22.9 Å². The van der Waals surface area contributed by atoms with E-state index in [1.165, 1.54) is 18.3 Å². The third kappa shape index (κ3) is 7.04. The first-order valence-electron chi connectivity index (χ1n) is 10.3. The van der Waals surface area contributed by atoms with Gasteiger partial charge in [0.2, 0.25) is 5.95 Å². The second-order valence-corrected chi connectivity index (χ2v) is 10.9. The van der Waals surface area contributed by atoms with Gasteiger partial charge in [0.25, 0.3) is 0 Å². The van der Waals surface area contributed by atoms with E-state index >= 15 is 0 Å². The molecule has 0 unspecified atom stereocenters. The Balaban J connectivity index is 1.50. The summed E-state index contributed by atoms with van der Waals surface area (Å²) in [5.41, 5.74) is 0.112. The first-order chi connectivity index (χ1) is 15.0. The minimum Gasteiger partial charge on any atom is -0.444 e. The number of sulfone groups is 1. The minimum absolute atomic E-state index is 0.0179. The van der Waals surface area contributed by atoms with Gasteiger partial charge in [0.15, 0.2) is 9.84 Å². The van der Waals surface area contributed by atoms with Gasteiger partial charge < -0.3 is 20.3 Å². The van der Waals surface area contributed by atoms with E-state index in [0.29, 0.717) is 42.7 Å². The van der Waals surface area contributed by atoms with E-state index in [9.17, 15) is 13.2 Å². The van der Waals surface area contributed by atoms with E-state index in [2.05, 4.69) is 20.6 Å². The summed E-state index contributed by atoms with van der Waals surface area (Å²) >= 11 is 5.84. The van der Waals surface area contributed by atoms with Gasteiger partial charge in [0, 0.05) is 31.0 Å². The van der Waals surface area contributed by atoms with Gasteiger partial charge in [-0.2, -0.15) is 0 Å². The fourth-order valence-corrected chi connectivity index (χ4v) is 4.48. The lowest BCUT2D eigenvalue weighted by molar-refractivity contribution is 0.0199. The fourth-order valence-electron chi connectivity index (χ4n) is 3.18. The van der Waals surface area contributed by atoms with Crippen molar-refractivity contribution in [2.75, 3.05) is 24.3 Å². The number of nitrogens with one attached hydrogen (secondary N) is 2. The fraction of sp³-hybridized carbons (Fsp3) is 0.476. The zero-order valence-electron chi connectivity index (χ0n) is 18.3. The molecule has 11 heteroatoms. The van der Waals surface area contributed by atoms with E-state index in [4.69, 9.17) is 16.3 Å². The zero-order valence-corrected chi connectivity index (χ0v) is 19.9. The van der Waals surface area contributed by atoms with Crippen LogP contribution in [-0.4, -0.2) is 60.0 Å². The Labute approximate surface area is 193 Å². The number of ether oxygens (including phenoxy) is 1. The lowest BCUT2D eigenvalue weighted by Gasteiger charge is -2.33. The molecule has 174 valence electrons. The summed E-state index contributed by atoms with van der Waals surface area (Å²) in [6.45, 7) is 6.55. The van der Waals surface area contributed by atoms with Gasteiger partial charge in [-0.15, -0.1) is 0 Å². The van der Waals surface area contributed by atoms with Crippen LogP contribution < -0.4 is 10.6 Å². The number of carbonyl (C=O) groups is 1. The van der Waals surface area contributed by atoms with E-state index in [1.807, 2.05) is 20.8 Å². The zero-order chi connectivity index (χ0) is 23.4. The van der Waals surface area contributed by atoms with Gasteiger partial charge in [0.05, 0.1) is 4.90 Å². The number of halogens is 1. The summed E-state index contributed by atoms with van der Waals surface area (Å²) in [5, 5.41) is 6.40. The maximum atomic E-state index is 12.7. The molecular formula is C21H28ClN5O4S. The number of amides is 1. The number of likely N-dealkylation sites (tertiary alicyclic amines) is 1. The van der Waals surface area contributed by atoms with Crippen LogP contribution >= 0.6 is 11.6 Å². The highest BCUT2D eigenvalue weighted by Gasteiger charge is 2.27. The molecule has 0 bridgehead atoms. The smallest absolute Gasteiger partial charge is 0.410 e. The Hall–Kier alpha value is -2.43. The van der Waals surface area contributed by atoms with Gasteiger partial charge in [-0.05, 0) is 63.9 Å². The molecule has 1 saturated heterocycles. The highest BCUT2D eigenvalue weighted by Crippen LogP contribution is 2.19. The lowest BCUT2D eigenvalue weighted by Crippen LogP contribution is -2.47. The van der Waals surface area contributed by atoms with Crippen LogP contribution in [-0.2, 0) is 14.6 Å². The lowest BCUT2D eigenvalue weighted by atomic mass is 10.1. The van der Waals surface area contributed by atoms with Crippen molar-refractivity contribution in [2.45, 2.75) is 50.2 Å². The quantitative estimate of drug-likeness (QED) is 0.601. The summed E-state index contributed by atoms with van der Waals surface area (Å²) in [4.78, 5) is 22.1. The maximum Gasteiger partial charge on any atom is 0.410 e. The molecule has 0 spiro atoms. The summed E-state index contributed by atoms with van der Waals surface area (Å²) < 4.78 is 30.8. The highest BCUT2D eigenvalue weighted by molar-refractivity contribution is 7.91. The van der Waals surface area contributed by atoms with Gasteiger partial charge in [-0.1, -0.05) is 11.6 Å². The predicted octanol–water partition coefficient (Wildman–Crippen LogP) is 3.59. The number of hydrogen-bond donors (Lipinski definition) is 2. The topological polar surface area (TPSA) is 114 Å². The summed E-state index contributed by atoms with van der Waals surface area (Å²) in [6.07, 6.45) is 2.52. The Morgan fingerprint density at radius 2 is 1.84 bits per heavy atom. The number of aromatic nitrogens is 2. The largest absolute Gasteiger partial charge is 0.444 e. The first kappa shape index (κ1) is 24.2. The average molecular weight is 482 g/mol. The molecule has 9 nitrogen and oxygen atoms in total. The molecule has 0 aliphatic carbocycles. The van der Waals surface area contributed by atoms with Crippen LogP contribution in [0.3, 0.4) is 0 Å². The van der Waals surface area contributed by atoms with Crippen LogP contribution in [0.5, 0.6) is 0 Å². The van der Waals surface area contributed by atoms with Gasteiger partial charge >= 0.3 is 6.09 Å². The Morgan fingerprint density at radius 3 is 2.44 bits per heavy atom. The van der Waals surface area contributed by atoms with Gasteiger partial charge in [-0.25, -0.2) is 23.2 Å². The standard InChI is InChI=1S/C21H28ClN5O4S/c1-21(2,3)31-20(28)27-12-9-15(10-13-27)24-14-32(29,30)17-6-4-16(5-7-17)25-19-23-11-8-18(22)26-19/h4-8,11,15,24H,9-10,12-14H2,1-3H3,(H,23,25,26). The van der Waals surface area contributed by atoms with Crippen LogP contribution in [0.25, 0.3) is 0 Å². The van der Waals surface area contributed by atoms with Crippen molar-refractivity contribution in [1.82, 2.24) is 20.2 Å². The molecule has 1 aromatic heterocycles. The average Bonchev–Trinajstić information content (AvgIpc) is 2.72. The molecule has 0 saturated carbocycles. The number of hydrogen-bond acceptors (Lipinski definition) is 8.